The molecule has 0 radical (unpaired) electrons. The van der Waals surface area contributed by atoms with Gasteiger partial charge in [0.25, 0.3) is 5.91 Å². The summed E-state index contributed by atoms with van der Waals surface area (Å²) in [5.41, 5.74) is 0.611. The third kappa shape index (κ3) is 4.87. The van der Waals surface area contributed by atoms with Gasteiger partial charge in [-0.15, -0.1) is 0 Å². The van der Waals surface area contributed by atoms with Crippen molar-refractivity contribution in [2.24, 2.45) is 0 Å². The van der Waals surface area contributed by atoms with E-state index in [1.54, 1.807) is 13.2 Å². The third-order valence-corrected chi connectivity index (χ3v) is 2.62. The minimum absolute atomic E-state index is 0.269. The van der Waals surface area contributed by atoms with Gasteiger partial charge in [0.15, 0.2) is 0 Å². The van der Waals surface area contributed by atoms with E-state index < -0.39 is 5.82 Å². The van der Waals surface area contributed by atoms with Crippen LogP contribution >= 0.6 is 0 Å². The van der Waals surface area contributed by atoms with Crippen molar-refractivity contribution < 1.29 is 13.9 Å². The number of rotatable bonds is 8. The number of halogens is 1. The largest absolute Gasteiger partial charge is 0.385 e. The van der Waals surface area contributed by atoms with Crippen LogP contribution in [0.5, 0.6) is 0 Å². The average molecular weight is 268 g/mol. The van der Waals surface area contributed by atoms with Crippen molar-refractivity contribution in [3.05, 3.63) is 29.6 Å². The van der Waals surface area contributed by atoms with Gasteiger partial charge in [-0.05, 0) is 25.0 Å². The van der Waals surface area contributed by atoms with Crippen molar-refractivity contribution in [2.75, 3.05) is 32.1 Å². The average Bonchev–Trinajstić information content (AvgIpc) is 2.42. The quantitative estimate of drug-likeness (QED) is 0.712. The van der Waals surface area contributed by atoms with Crippen molar-refractivity contribution in [3.63, 3.8) is 0 Å². The SMILES string of the molecule is CCCNc1c(F)cccc1C(=O)NCCCOC. The molecule has 2 N–H and O–H groups in total. The van der Waals surface area contributed by atoms with Crippen LogP contribution in [0.2, 0.25) is 0 Å². The molecule has 4 nitrogen and oxygen atoms in total. The molecular formula is C14H21FN2O2. The lowest BCUT2D eigenvalue weighted by molar-refractivity contribution is 0.0949. The number of nitrogens with one attached hydrogen (secondary N) is 2. The molecule has 5 heteroatoms. The van der Waals surface area contributed by atoms with Crippen LogP contribution in [-0.4, -0.2) is 32.7 Å². The number of para-hydroxylation sites is 1. The second-order valence-electron chi connectivity index (χ2n) is 4.19. The first-order chi connectivity index (χ1) is 9.20. The van der Waals surface area contributed by atoms with Crippen LogP contribution in [0.4, 0.5) is 10.1 Å². The van der Waals surface area contributed by atoms with Gasteiger partial charge in [0.1, 0.15) is 5.82 Å². The number of amides is 1. The summed E-state index contributed by atoms with van der Waals surface area (Å²) < 4.78 is 18.6. The van der Waals surface area contributed by atoms with Crippen molar-refractivity contribution in [1.82, 2.24) is 5.32 Å². The number of ether oxygens (including phenoxy) is 1. The molecule has 1 aromatic rings. The number of carbonyl (C=O) groups excluding carboxylic acids is 1. The highest BCUT2D eigenvalue weighted by Gasteiger charge is 2.14. The molecule has 1 rings (SSSR count). The van der Waals surface area contributed by atoms with E-state index in [0.717, 1.165) is 12.8 Å². The fourth-order valence-electron chi connectivity index (χ4n) is 1.66. The minimum atomic E-state index is -0.405. The Labute approximate surface area is 113 Å². The van der Waals surface area contributed by atoms with Crippen LogP contribution in [0, 0.1) is 5.82 Å². The van der Waals surface area contributed by atoms with Crippen LogP contribution in [0.3, 0.4) is 0 Å². The van der Waals surface area contributed by atoms with Gasteiger partial charge in [-0.3, -0.25) is 4.79 Å². The molecular weight excluding hydrogens is 247 g/mol. The molecule has 106 valence electrons. The molecule has 0 unspecified atom stereocenters. The van der Waals surface area contributed by atoms with Gasteiger partial charge in [0.05, 0.1) is 11.3 Å². The highest BCUT2D eigenvalue weighted by atomic mass is 19.1. The second-order valence-corrected chi connectivity index (χ2v) is 4.19. The predicted molar refractivity (Wildman–Crippen MR) is 74.0 cm³/mol. The number of hydrogen-bond acceptors (Lipinski definition) is 3. The van der Waals surface area contributed by atoms with E-state index in [2.05, 4.69) is 10.6 Å². The molecule has 1 aromatic carbocycles. The number of anilines is 1. The predicted octanol–water partition coefficient (Wildman–Crippen LogP) is 2.41. The maximum absolute atomic E-state index is 13.7. The zero-order valence-electron chi connectivity index (χ0n) is 11.5. The monoisotopic (exact) mass is 268 g/mol. The molecule has 19 heavy (non-hydrogen) atoms. The Hall–Kier alpha value is -1.62. The Morgan fingerprint density at radius 3 is 2.84 bits per heavy atom. The fourth-order valence-corrected chi connectivity index (χ4v) is 1.66. The van der Waals surface area contributed by atoms with E-state index in [1.165, 1.54) is 12.1 Å². The maximum atomic E-state index is 13.7. The van der Waals surface area contributed by atoms with E-state index >= 15 is 0 Å². The summed E-state index contributed by atoms with van der Waals surface area (Å²) >= 11 is 0. The molecule has 1 amide bonds. The summed E-state index contributed by atoms with van der Waals surface area (Å²) in [6, 6.07) is 4.50. The zero-order valence-corrected chi connectivity index (χ0v) is 11.5. The Bertz CT molecular complexity index is 410. The zero-order chi connectivity index (χ0) is 14.1. The van der Waals surface area contributed by atoms with E-state index in [4.69, 9.17) is 4.74 Å². The molecule has 0 saturated heterocycles. The minimum Gasteiger partial charge on any atom is -0.385 e. The highest BCUT2D eigenvalue weighted by molar-refractivity contribution is 5.99. The van der Waals surface area contributed by atoms with Crippen LogP contribution in [0.15, 0.2) is 18.2 Å². The number of methoxy groups -OCH3 is 1. The Morgan fingerprint density at radius 1 is 1.37 bits per heavy atom. The lowest BCUT2D eigenvalue weighted by atomic mass is 10.1. The highest BCUT2D eigenvalue weighted by Crippen LogP contribution is 2.19. The van der Waals surface area contributed by atoms with Gasteiger partial charge >= 0.3 is 0 Å². The molecule has 0 heterocycles. The molecule has 0 aromatic heterocycles. The summed E-state index contributed by atoms with van der Waals surface area (Å²) in [7, 11) is 1.61. The standard InChI is InChI=1S/C14H21FN2O2/c1-3-8-16-13-11(6-4-7-12(13)15)14(18)17-9-5-10-19-2/h4,6-7,16H,3,5,8-10H2,1-2H3,(H,17,18). The topological polar surface area (TPSA) is 50.4 Å². The van der Waals surface area contributed by atoms with Crippen molar-refractivity contribution in [2.45, 2.75) is 19.8 Å². The number of carbonyl (C=O) groups is 1. The first-order valence-electron chi connectivity index (χ1n) is 6.50. The first kappa shape index (κ1) is 15.4. The summed E-state index contributed by atoms with van der Waals surface area (Å²) in [6.45, 7) is 3.71. The van der Waals surface area contributed by atoms with E-state index in [-0.39, 0.29) is 11.6 Å². The van der Waals surface area contributed by atoms with Gasteiger partial charge in [-0.2, -0.15) is 0 Å². The molecule has 0 aliphatic rings. The Balaban J connectivity index is 2.69. The maximum Gasteiger partial charge on any atom is 0.253 e. The number of benzene rings is 1. The van der Waals surface area contributed by atoms with Crippen LogP contribution in [0.1, 0.15) is 30.1 Å². The van der Waals surface area contributed by atoms with Crippen molar-refractivity contribution in [1.29, 1.82) is 0 Å². The summed E-state index contributed by atoms with van der Waals surface area (Å²) in [4.78, 5) is 12.0. The lowest BCUT2D eigenvalue weighted by Gasteiger charge is -2.12. The molecule has 0 aliphatic carbocycles. The second kappa shape index (κ2) is 8.48. The van der Waals surface area contributed by atoms with Gasteiger partial charge in [-0.25, -0.2) is 4.39 Å². The smallest absolute Gasteiger partial charge is 0.253 e. The lowest BCUT2D eigenvalue weighted by Crippen LogP contribution is -2.26. The van der Waals surface area contributed by atoms with E-state index in [1.807, 2.05) is 6.92 Å². The van der Waals surface area contributed by atoms with Gasteiger partial charge in [-0.1, -0.05) is 13.0 Å². The summed E-state index contributed by atoms with van der Waals surface area (Å²) in [6.07, 6.45) is 1.60. The molecule has 0 bridgehead atoms. The van der Waals surface area contributed by atoms with Gasteiger partial charge < -0.3 is 15.4 Å². The molecule has 0 atom stereocenters. The van der Waals surface area contributed by atoms with E-state index in [9.17, 15) is 9.18 Å². The number of hydrogen-bond donors (Lipinski definition) is 2. The Morgan fingerprint density at radius 2 is 2.16 bits per heavy atom. The molecule has 0 aliphatic heterocycles. The van der Waals surface area contributed by atoms with Crippen LogP contribution in [-0.2, 0) is 4.74 Å². The van der Waals surface area contributed by atoms with Crippen molar-refractivity contribution in [3.8, 4) is 0 Å². The Kier molecular flexibility index (Phi) is 6.89. The normalized spacial score (nSPS) is 10.3. The molecule has 0 spiro atoms. The molecule has 0 fully saturated rings. The van der Waals surface area contributed by atoms with Gasteiger partial charge in [0.2, 0.25) is 0 Å². The van der Waals surface area contributed by atoms with Gasteiger partial charge in [0, 0.05) is 26.8 Å². The third-order valence-electron chi connectivity index (χ3n) is 2.62. The van der Waals surface area contributed by atoms with Crippen LogP contribution < -0.4 is 10.6 Å². The van der Waals surface area contributed by atoms with E-state index in [0.29, 0.717) is 25.3 Å². The van der Waals surface area contributed by atoms with Crippen LogP contribution in [0.25, 0.3) is 0 Å². The summed E-state index contributed by atoms with van der Waals surface area (Å²) in [5, 5.41) is 5.71. The first-order valence-corrected chi connectivity index (χ1v) is 6.50. The fraction of sp³-hybridized carbons (Fsp3) is 0.500. The summed E-state index contributed by atoms with van der Waals surface area (Å²) in [5.74, 6) is -0.674. The van der Waals surface area contributed by atoms with Crippen molar-refractivity contribution >= 4 is 11.6 Å². The molecule has 0 saturated carbocycles.